The Morgan fingerprint density at radius 1 is 1.32 bits per heavy atom. The van der Waals surface area contributed by atoms with E-state index in [0.29, 0.717) is 23.0 Å². The largest absolute Gasteiger partial charge is 0.478 e. The lowest BCUT2D eigenvalue weighted by atomic mass is 9.85. The summed E-state index contributed by atoms with van der Waals surface area (Å²) in [5.74, 6) is -0.155. The molecule has 134 valence electrons. The predicted molar refractivity (Wildman–Crippen MR) is 90.6 cm³/mol. The van der Waals surface area contributed by atoms with Crippen LogP contribution in [0.5, 0.6) is 0 Å². The monoisotopic (exact) mass is 345 g/mol. The summed E-state index contributed by atoms with van der Waals surface area (Å²) in [5.41, 5.74) is 1.58. The molecule has 25 heavy (non-hydrogen) atoms. The zero-order valence-corrected chi connectivity index (χ0v) is 14.5. The standard InChI is InChI=1S/C18H23N3O4/c1-11-14(18(23)24)8-13(25-11)9-19-17(22)15-10-21(2)20-16(15)12-6-4-3-5-7-12/h8,10,12H,3-7,9H2,1-2H3,(H,19,22)(H,23,24). The maximum absolute atomic E-state index is 12.6. The summed E-state index contributed by atoms with van der Waals surface area (Å²) in [6.45, 7) is 1.74. The lowest BCUT2D eigenvalue weighted by Gasteiger charge is -2.20. The summed E-state index contributed by atoms with van der Waals surface area (Å²) < 4.78 is 7.08. The van der Waals surface area contributed by atoms with Crippen LogP contribution in [0.3, 0.4) is 0 Å². The van der Waals surface area contributed by atoms with Gasteiger partial charge < -0.3 is 14.8 Å². The number of aromatic nitrogens is 2. The number of carboxylic acid groups (broad SMARTS) is 1. The van der Waals surface area contributed by atoms with Crippen LogP contribution in [-0.2, 0) is 13.6 Å². The molecule has 0 saturated heterocycles. The second-order valence-corrected chi connectivity index (χ2v) is 6.61. The van der Waals surface area contributed by atoms with Crippen LogP contribution in [0.1, 0.15) is 76.0 Å². The van der Waals surface area contributed by atoms with Gasteiger partial charge in [-0.3, -0.25) is 9.48 Å². The molecule has 2 aromatic rings. The highest BCUT2D eigenvalue weighted by atomic mass is 16.4. The van der Waals surface area contributed by atoms with Crippen molar-refractivity contribution < 1.29 is 19.1 Å². The Kier molecular flexibility index (Phi) is 4.92. The predicted octanol–water partition coefficient (Wildman–Crippen LogP) is 3.00. The molecule has 1 aliphatic carbocycles. The number of hydrogen-bond donors (Lipinski definition) is 2. The fourth-order valence-corrected chi connectivity index (χ4v) is 3.46. The molecule has 0 radical (unpaired) electrons. The zero-order chi connectivity index (χ0) is 18.0. The van der Waals surface area contributed by atoms with Crippen molar-refractivity contribution in [3.05, 3.63) is 40.6 Å². The van der Waals surface area contributed by atoms with E-state index in [2.05, 4.69) is 10.4 Å². The minimum absolute atomic E-state index is 0.119. The van der Waals surface area contributed by atoms with Gasteiger partial charge in [-0.2, -0.15) is 5.10 Å². The molecule has 0 aliphatic heterocycles. The Labute approximate surface area is 146 Å². The van der Waals surface area contributed by atoms with Gasteiger partial charge in [0.05, 0.1) is 17.8 Å². The summed E-state index contributed by atoms with van der Waals surface area (Å²) in [5, 5.41) is 16.4. The molecule has 2 heterocycles. The molecule has 1 saturated carbocycles. The van der Waals surface area contributed by atoms with E-state index >= 15 is 0 Å². The maximum Gasteiger partial charge on any atom is 0.339 e. The normalized spacial score (nSPS) is 15.3. The number of amides is 1. The number of aromatic carboxylic acids is 1. The zero-order valence-electron chi connectivity index (χ0n) is 14.5. The van der Waals surface area contributed by atoms with Crippen molar-refractivity contribution >= 4 is 11.9 Å². The van der Waals surface area contributed by atoms with Crippen LogP contribution in [0, 0.1) is 6.92 Å². The van der Waals surface area contributed by atoms with Crippen molar-refractivity contribution in [1.82, 2.24) is 15.1 Å². The number of rotatable bonds is 5. The quantitative estimate of drug-likeness (QED) is 0.868. The lowest BCUT2D eigenvalue weighted by Crippen LogP contribution is -2.24. The number of furan rings is 1. The second kappa shape index (κ2) is 7.13. The lowest BCUT2D eigenvalue weighted by molar-refractivity contribution is 0.0694. The Morgan fingerprint density at radius 2 is 2.04 bits per heavy atom. The number of nitrogens with one attached hydrogen (secondary N) is 1. The molecular formula is C18H23N3O4. The molecule has 0 unspecified atom stereocenters. The first-order chi connectivity index (χ1) is 12.0. The van der Waals surface area contributed by atoms with E-state index in [-0.39, 0.29) is 18.0 Å². The van der Waals surface area contributed by atoms with E-state index in [1.807, 2.05) is 7.05 Å². The summed E-state index contributed by atoms with van der Waals surface area (Å²) >= 11 is 0. The first-order valence-electron chi connectivity index (χ1n) is 8.60. The van der Waals surface area contributed by atoms with Crippen molar-refractivity contribution in [2.45, 2.75) is 51.5 Å². The third-order valence-electron chi connectivity index (χ3n) is 4.72. The van der Waals surface area contributed by atoms with Gasteiger partial charge in [-0.15, -0.1) is 0 Å². The second-order valence-electron chi connectivity index (χ2n) is 6.61. The smallest absolute Gasteiger partial charge is 0.339 e. The molecule has 2 aromatic heterocycles. The number of carbonyl (C=O) groups is 2. The van der Waals surface area contributed by atoms with Crippen molar-refractivity contribution in [3.8, 4) is 0 Å². The van der Waals surface area contributed by atoms with Crippen LogP contribution in [0.4, 0.5) is 0 Å². The highest BCUT2D eigenvalue weighted by molar-refractivity contribution is 5.95. The van der Waals surface area contributed by atoms with Crippen LogP contribution in [-0.4, -0.2) is 26.8 Å². The van der Waals surface area contributed by atoms with Gasteiger partial charge in [-0.1, -0.05) is 19.3 Å². The number of carboxylic acids is 1. The van der Waals surface area contributed by atoms with Crippen molar-refractivity contribution in [3.63, 3.8) is 0 Å². The molecule has 0 bridgehead atoms. The molecule has 7 nitrogen and oxygen atoms in total. The van der Waals surface area contributed by atoms with Crippen LogP contribution in [0.2, 0.25) is 0 Å². The van der Waals surface area contributed by atoms with Crippen LogP contribution >= 0.6 is 0 Å². The van der Waals surface area contributed by atoms with Gasteiger partial charge in [-0.05, 0) is 25.8 Å². The van der Waals surface area contributed by atoms with Crippen molar-refractivity contribution in [2.24, 2.45) is 7.05 Å². The van der Waals surface area contributed by atoms with Crippen molar-refractivity contribution in [1.29, 1.82) is 0 Å². The molecule has 1 fully saturated rings. The number of nitrogens with zero attached hydrogens (tertiary/aromatic N) is 2. The molecule has 1 aliphatic rings. The van der Waals surface area contributed by atoms with E-state index in [1.165, 1.54) is 25.3 Å². The average Bonchev–Trinajstić information content (AvgIpc) is 3.16. The number of hydrogen-bond acceptors (Lipinski definition) is 4. The maximum atomic E-state index is 12.6. The topological polar surface area (TPSA) is 97.4 Å². The molecule has 0 spiro atoms. The van der Waals surface area contributed by atoms with Gasteiger partial charge in [0.15, 0.2) is 0 Å². The third kappa shape index (κ3) is 3.75. The van der Waals surface area contributed by atoms with Gasteiger partial charge in [0.25, 0.3) is 5.91 Å². The molecule has 2 N–H and O–H groups in total. The van der Waals surface area contributed by atoms with Crippen molar-refractivity contribution in [2.75, 3.05) is 0 Å². The number of aryl methyl sites for hydroxylation is 2. The van der Waals surface area contributed by atoms with Gasteiger partial charge in [0.1, 0.15) is 17.1 Å². The minimum Gasteiger partial charge on any atom is -0.478 e. The summed E-state index contributed by atoms with van der Waals surface area (Å²) in [6.07, 6.45) is 7.47. The Hall–Kier alpha value is -2.57. The van der Waals surface area contributed by atoms with Crippen LogP contribution in [0.25, 0.3) is 0 Å². The molecule has 0 atom stereocenters. The Balaban J connectivity index is 1.71. The highest BCUT2D eigenvalue weighted by Gasteiger charge is 2.25. The van der Waals surface area contributed by atoms with Gasteiger partial charge in [0.2, 0.25) is 0 Å². The molecule has 1 amide bonds. The van der Waals surface area contributed by atoms with E-state index in [4.69, 9.17) is 9.52 Å². The molecule has 3 rings (SSSR count). The molecule has 7 heteroatoms. The minimum atomic E-state index is -1.04. The van der Waals surface area contributed by atoms with E-state index in [1.54, 1.807) is 17.8 Å². The van der Waals surface area contributed by atoms with E-state index in [0.717, 1.165) is 18.5 Å². The van der Waals surface area contributed by atoms with Gasteiger partial charge in [-0.25, -0.2) is 4.79 Å². The Bertz CT molecular complexity index is 784. The fraction of sp³-hybridized carbons (Fsp3) is 0.500. The van der Waals surface area contributed by atoms with Gasteiger partial charge in [0, 0.05) is 19.2 Å². The third-order valence-corrected chi connectivity index (χ3v) is 4.72. The van der Waals surface area contributed by atoms with Crippen LogP contribution in [0.15, 0.2) is 16.7 Å². The molecule has 0 aromatic carbocycles. The highest BCUT2D eigenvalue weighted by Crippen LogP contribution is 2.33. The molecular weight excluding hydrogens is 322 g/mol. The fourth-order valence-electron chi connectivity index (χ4n) is 3.46. The van der Waals surface area contributed by atoms with E-state index < -0.39 is 5.97 Å². The number of carbonyl (C=O) groups excluding carboxylic acids is 1. The summed E-state index contributed by atoms with van der Waals surface area (Å²) in [4.78, 5) is 23.7. The first kappa shape index (κ1) is 17.3. The average molecular weight is 345 g/mol. The Morgan fingerprint density at radius 3 is 2.68 bits per heavy atom. The first-order valence-corrected chi connectivity index (χ1v) is 8.60. The van der Waals surface area contributed by atoms with Crippen LogP contribution < -0.4 is 5.32 Å². The van der Waals surface area contributed by atoms with E-state index in [9.17, 15) is 9.59 Å². The summed E-state index contributed by atoms with van der Waals surface area (Å²) in [7, 11) is 1.82. The summed E-state index contributed by atoms with van der Waals surface area (Å²) in [6, 6.07) is 1.45. The van der Waals surface area contributed by atoms with Gasteiger partial charge >= 0.3 is 5.97 Å². The SMILES string of the molecule is Cc1oc(CNC(=O)c2cn(C)nc2C2CCCCC2)cc1C(=O)O.